The number of rotatable bonds is 4. The summed E-state index contributed by atoms with van der Waals surface area (Å²) in [6, 6.07) is 8.91. The average Bonchev–Trinajstić information content (AvgIpc) is 3.12. The number of nitrogens with one attached hydrogen (secondary N) is 2. The van der Waals surface area contributed by atoms with Gasteiger partial charge in [0.2, 0.25) is 0 Å². The third kappa shape index (κ3) is 4.61. The van der Waals surface area contributed by atoms with Gasteiger partial charge in [0.25, 0.3) is 5.91 Å². The van der Waals surface area contributed by atoms with Gasteiger partial charge in [-0.3, -0.25) is 9.20 Å². The minimum Gasteiger partial charge on any atom is -0.389 e. The fraction of sp³-hybridized carbons (Fsp3) is 0.250. The molecule has 1 aliphatic heterocycles. The van der Waals surface area contributed by atoms with E-state index in [9.17, 15) is 27.9 Å². The molecule has 8 nitrogen and oxygen atoms in total. The number of amides is 3. The molecule has 3 amide bonds. The number of carbonyl (C=O) groups is 2. The van der Waals surface area contributed by atoms with Crippen molar-refractivity contribution in [3.05, 3.63) is 54.4 Å². The van der Waals surface area contributed by atoms with Crippen LogP contribution in [0, 0.1) is 0 Å². The van der Waals surface area contributed by atoms with E-state index in [-0.39, 0.29) is 5.91 Å². The highest BCUT2D eigenvalue weighted by Crippen LogP contribution is 2.25. The topological polar surface area (TPSA) is 99.0 Å². The monoisotopic (exact) mass is 433 g/mol. The first-order valence-electron chi connectivity index (χ1n) is 9.36. The quantitative estimate of drug-likeness (QED) is 0.589. The molecule has 1 fully saturated rings. The summed E-state index contributed by atoms with van der Waals surface area (Å²) in [5.74, 6) is -0.187. The molecule has 0 aliphatic carbocycles. The standard InChI is InChI=1S/C20H18F3N5O3/c21-20(22,23)11-25-19(31)26-14-3-1-2-12(6-14)16-8-24-17-7-13(4-5-28(16)17)18(30)27-9-15(29)10-27/h1-8,15,29H,9-11H2,(H2,25,26,31). The molecule has 1 aliphatic rings. The lowest BCUT2D eigenvalue weighted by Crippen LogP contribution is -2.53. The number of anilines is 1. The lowest BCUT2D eigenvalue weighted by molar-refractivity contribution is -0.122. The second-order valence-electron chi connectivity index (χ2n) is 7.15. The molecule has 2 aromatic heterocycles. The molecule has 0 radical (unpaired) electrons. The van der Waals surface area contributed by atoms with Crippen LogP contribution >= 0.6 is 0 Å². The third-order valence-electron chi connectivity index (χ3n) is 4.78. The Bertz CT molecular complexity index is 1140. The van der Waals surface area contributed by atoms with Crippen LogP contribution in [0.3, 0.4) is 0 Å². The van der Waals surface area contributed by atoms with Crippen LogP contribution in [0.5, 0.6) is 0 Å². The summed E-state index contributed by atoms with van der Waals surface area (Å²) in [6.07, 6.45) is -1.69. The number of likely N-dealkylation sites (tertiary alicyclic amines) is 1. The zero-order valence-electron chi connectivity index (χ0n) is 16.1. The molecule has 162 valence electrons. The number of aromatic nitrogens is 2. The molecule has 3 N–H and O–H groups in total. The summed E-state index contributed by atoms with van der Waals surface area (Å²) in [7, 11) is 0. The average molecular weight is 433 g/mol. The number of pyridine rings is 1. The molecule has 1 aromatic carbocycles. The van der Waals surface area contributed by atoms with Crippen molar-refractivity contribution in [3.8, 4) is 11.3 Å². The van der Waals surface area contributed by atoms with Gasteiger partial charge in [0, 0.05) is 36.1 Å². The fourth-order valence-electron chi connectivity index (χ4n) is 3.24. The summed E-state index contributed by atoms with van der Waals surface area (Å²) >= 11 is 0. The van der Waals surface area contributed by atoms with Crippen molar-refractivity contribution < 1.29 is 27.9 Å². The Hall–Kier alpha value is -3.60. The van der Waals surface area contributed by atoms with E-state index in [0.717, 1.165) is 0 Å². The van der Waals surface area contributed by atoms with Crippen LogP contribution < -0.4 is 10.6 Å². The van der Waals surface area contributed by atoms with E-state index in [1.165, 1.54) is 0 Å². The van der Waals surface area contributed by atoms with Gasteiger partial charge in [0.05, 0.1) is 18.0 Å². The number of aliphatic hydroxyl groups is 1. The minimum absolute atomic E-state index is 0.187. The van der Waals surface area contributed by atoms with Gasteiger partial charge in [0.1, 0.15) is 12.2 Å². The number of alkyl halides is 3. The zero-order valence-corrected chi connectivity index (χ0v) is 16.1. The molecular weight excluding hydrogens is 415 g/mol. The number of β-amino-alcohol motifs (C(OH)–C–C–N with tert-alkyl or cyclic N) is 1. The van der Waals surface area contributed by atoms with Crippen molar-refractivity contribution in [1.82, 2.24) is 19.6 Å². The maximum absolute atomic E-state index is 12.4. The molecule has 3 heterocycles. The van der Waals surface area contributed by atoms with Crippen molar-refractivity contribution in [1.29, 1.82) is 0 Å². The maximum Gasteiger partial charge on any atom is 0.405 e. The highest BCUT2D eigenvalue weighted by molar-refractivity contribution is 5.96. The van der Waals surface area contributed by atoms with Crippen LogP contribution in [0.25, 0.3) is 16.9 Å². The van der Waals surface area contributed by atoms with Crippen LogP contribution in [0.1, 0.15) is 10.4 Å². The van der Waals surface area contributed by atoms with E-state index >= 15 is 0 Å². The van der Waals surface area contributed by atoms with Crippen LogP contribution in [0.2, 0.25) is 0 Å². The maximum atomic E-state index is 12.4. The van der Waals surface area contributed by atoms with Crippen molar-refractivity contribution in [2.45, 2.75) is 12.3 Å². The number of aliphatic hydroxyl groups excluding tert-OH is 1. The van der Waals surface area contributed by atoms with Gasteiger partial charge in [-0.15, -0.1) is 0 Å². The number of nitrogens with zero attached hydrogens (tertiary/aromatic N) is 3. The van der Waals surface area contributed by atoms with Crippen molar-refractivity contribution in [2.75, 3.05) is 25.0 Å². The summed E-state index contributed by atoms with van der Waals surface area (Å²) in [6.45, 7) is -0.816. The molecule has 0 unspecified atom stereocenters. The number of fused-ring (bicyclic) bond motifs is 1. The first-order valence-corrected chi connectivity index (χ1v) is 9.36. The molecule has 4 rings (SSSR count). The molecule has 0 saturated carbocycles. The second-order valence-corrected chi connectivity index (χ2v) is 7.15. The third-order valence-corrected chi connectivity index (χ3v) is 4.78. The van der Waals surface area contributed by atoms with Crippen LogP contribution in [-0.4, -0.2) is 63.2 Å². The number of halogens is 3. The van der Waals surface area contributed by atoms with Crippen molar-refractivity contribution >= 4 is 23.3 Å². The van der Waals surface area contributed by atoms with Gasteiger partial charge in [-0.1, -0.05) is 12.1 Å². The molecular formula is C20H18F3N5O3. The SMILES string of the molecule is O=C(NCC(F)(F)F)Nc1cccc(-c2cnc3cc(C(=O)N4CC(O)C4)ccn23)c1. The Morgan fingerprint density at radius 1 is 1.19 bits per heavy atom. The molecule has 0 atom stereocenters. The molecule has 0 bridgehead atoms. The van der Waals surface area contributed by atoms with E-state index in [0.29, 0.717) is 41.2 Å². The first kappa shape index (κ1) is 20.7. The largest absolute Gasteiger partial charge is 0.405 e. The number of hydrogen-bond donors (Lipinski definition) is 3. The van der Waals surface area contributed by atoms with Crippen LogP contribution in [-0.2, 0) is 0 Å². The lowest BCUT2D eigenvalue weighted by atomic mass is 10.1. The van der Waals surface area contributed by atoms with Gasteiger partial charge < -0.3 is 20.6 Å². The fourth-order valence-corrected chi connectivity index (χ4v) is 3.24. The number of hydrogen-bond acceptors (Lipinski definition) is 4. The summed E-state index contributed by atoms with van der Waals surface area (Å²) in [5.41, 5.74) is 2.64. The van der Waals surface area contributed by atoms with Gasteiger partial charge in [-0.25, -0.2) is 9.78 Å². The van der Waals surface area contributed by atoms with E-state index in [2.05, 4.69) is 10.3 Å². The van der Waals surface area contributed by atoms with Gasteiger partial charge in [-0.05, 0) is 24.3 Å². The Balaban J connectivity index is 1.52. The predicted molar refractivity (Wildman–Crippen MR) is 106 cm³/mol. The van der Waals surface area contributed by atoms with Crippen LogP contribution in [0.4, 0.5) is 23.7 Å². The normalized spacial score (nSPS) is 14.4. The first-order chi connectivity index (χ1) is 14.7. The Morgan fingerprint density at radius 2 is 1.97 bits per heavy atom. The molecule has 11 heteroatoms. The van der Waals surface area contributed by atoms with Crippen molar-refractivity contribution in [2.24, 2.45) is 0 Å². The Morgan fingerprint density at radius 3 is 2.68 bits per heavy atom. The molecule has 1 saturated heterocycles. The van der Waals surface area contributed by atoms with E-state index in [1.807, 2.05) is 0 Å². The summed E-state index contributed by atoms with van der Waals surface area (Å²) in [4.78, 5) is 30.0. The number of benzene rings is 1. The summed E-state index contributed by atoms with van der Waals surface area (Å²) < 4.78 is 38.4. The highest BCUT2D eigenvalue weighted by atomic mass is 19.4. The number of urea groups is 1. The number of imidazole rings is 1. The smallest absolute Gasteiger partial charge is 0.389 e. The second kappa shape index (κ2) is 7.91. The Kier molecular flexibility index (Phi) is 5.27. The molecule has 31 heavy (non-hydrogen) atoms. The van der Waals surface area contributed by atoms with Crippen molar-refractivity contribution in [3.63, 3.8) is 0 Å². The molecule has 3 aromatic rings. The Labute approximate surface area is 174 Å². The molecule has 0 spiro atoms. The van der Waals surface area contributed by atoms with E-state index in [4.69, 9.17) is 0 Å². The lowest BCUT2D eigenvalue weighted by Gasteiger charge is -2.35. The van der Waals surface area contributed by atoms with Gasteiger partial charge >= 0.3 is 12.2 Å². The summed E-state index contributed by atoms with van der Waals surface area (Å²) in [5, 5.41) is 13.5. The number of carbonyl (C=O) groups excluding carboxylic acids is 2. The van der Waals surface area contributed by atoms with Gasteiger partial charge in [-0.2, -0.15) is 13.2 Å². The van der Waals surface area contributed by atoms with E-state index < -0.39 is 24.9 Å². The van der Waals surface area contributed by atoms with Gasteiger partial charge in [0.15, 0.2) is 0 Å². The minimum atomic E-state index is -4.49. The van der Waals surface area contributed by atoms with Crippen LogP contribution in [0.15, 0.2) is 48.8 Å². The zero-order chi connectivity index (χ0) is 22.2. The predicted octanol–water partition coefficient (Wildman–Crippen LogP) is 2.50. The van der Waals surface area contributed by atoms with E-state index in [1.54, 1.807) is 63.4 Å². The highest BCUT2D eigenvalue weighted by Gasteiger charge is 2.30.